The van der Waals surface area contributed by atoms with E-state index in [1.165, 1.54) is 0 Å². The SMILES string of the molecule is CC1C(=O)OCCC1O. The van der Waals surface area contributed by atoms with E-state index in [1.54, 1.807) is 6.92 Å². The second-order valence-electron chi connectivity index (χ2n) is 2.31. The van der Waals surface area contributed by atoms with Gasteiger partial charge in [0.1, 0.15) is 0 Å². The molecule has 3 heteroatoms. The molecular weight excluding hydrogens is 120 g/mol. The summed E-state index contributed by atoms with van der Waals surface area (Å²) < 4.78 is 4.66. The van der Waals surface area contributed by atoms with E-state index in [0.29, 0.717) is 13.0 Å². The zero-order valence-electron chi connectivity index (χ0n) is 5.33. The maximum absolute atomic E-state index is 10.6. The lowest BCUT2D eigenvalue weighted by Crippen LogP contribution is -2.34. The highest BCUT2D eigenvalue weighted by molar-refractivity contribution is 5.73. The van der Waals surface area contributed by atoms with Crippen molar-refractivity contribution in [1.82, 2.24) is 0 Å². The standard InChI is InChI=1S/C6H10O3/c1-4-5(7)2-3-9-6(4)8/h4-5,7H,2-3H2,1H3. The molecule has 0 bridgehead atoms. The van der Waals surface area contributed by atoms with Gasteiger partial charge in [0.05, 0.1) is 18.6 Å². The Morgan fingerprint density at radius 2 is 2.44 bits per heavy atom. The number of aliphatic hydroxyl groups is 1. The number of carbonyl (C=O) groups excluding carboxylic acids is 1. The Hall–Kier alpha value is -0.570. The summed E-state index contributed by atoms with van der Waals surface area (Å²) in [5, 5.41) is 9.05. The third-order valence-corrected chi connectivity index (χ3v) is 1.61. The second kappa shape index (κ2) is 2.35. The average Bonchev–Trinajstić information content (AvgIpc) is 1.83. The molecule has 3 nitrogen and oxygen atoms in total. The van der Waals surface area contributed by atoms with Crippen LogP contribution in [-0.4, -0.2) is 23.8 Å². The van der Waals surface area contributed by atoms with Gasteiger partial charge in [0, 0.05) is 6.42 Å². The molecule has 1 saturated heterocycles. The topological polar surface area (TPSA) is 46.5 Å². The van der Waals surface area contributed by atoms with Crippen molar-refractivity contribution in [2.75, 3.05) is 6.61 Å². The van der Waals surface area contributed by atoms with Gasteiger partial charge in [-0.05, 0) is 6.92 Å². The minimum Gasteiger partial charge on any atom is -0.465 e. The molecular formula is C6H10O3. The smallest absolute Gasteiger partial charge is 0.311 e. The first-order valence-corrected chi connectivity index (χ1v) is 3.06. The van der Waals surface area contributed by atoms with Crippen molar-refractivity contribution >= 4 is 5.97 Å². The molecule has 1 N–H and O–H groups in total. The minimum absolute atomic E-state index is 0.284. The fourth-order valence-corrected chi connectivity index (χ4v) is 0.819. The Morgan fingerprint density at radius 1 is 1.78 bits per heavy atom. The summed E-state index contributed by atoms with van der Waals surface area (Å²) >= 11 is 0. The maximum Gasteiger partial charge on any atom is 0.311 e. The molecule has 0 spiro atoms. The second-order valence-corrected chi connectivity index (χ2v) is 2.31. The normalized spacial score (nSPS) is 36.0. The predicted molar refractivity (Wildman–Crippen MR) is 30.7 cm³/mol. The Balaban J connectivity index is 2.51. The number of hydrogen-bond donors (Lipinski definition) is 1. The van der Waals surface area contributed by atoms with E-state index in [9.17, 15) is 4.79 Å². The van der Waals surface area contributed by atoms with Crippen LogP contribution < -0.4 is 0 Å². The van der Waals surface area contributed by atoms with Gasteiger partial charge in [-0.2, -0.15) is 0 Å². The summed E-state index contributed by atoms with van der Waals surface area (Å²) in [6.45, 7) is 2.04. The Bertz CT molecular complexity index is 121. The highest BCUT2D eigenvalue weighted by atomic mass is 16.5. The first-order valence-electron chi connectivity index (χ1n) is 3.06. The number of cyclic esters (lactones) is 1. The first-order chi connectivity index (χ1) is 4.22. The molecule has 2 unspecified atom stereocenters. The van der Waals surface area contributed by atoms with Crippen LogP contribution in [0.1, 0.15) is 13.3 Å². The molecule has 52 valence electrons. The number of rotatable bonds is 0. The molecule has 9 heavy (non-hydrogen) atoms. The Labute approximate surface area is 53.6 Å². The molecule has 0 amide bonds. The van der Waals surface area contributed by atoms with Crippen LogP contribution in [0.5, 0.6) is 0 Å². The predicted octanol–water partition coefficient (Wildman–Crippen LogP) is -0.0697. The van der Waals surface area contributed by atoms with E-state index < -0.39 is 6.10 Å². The first kappa shape index (κ1) is 6.55. The zero-order valence-corrected chi connectivity index (χ0v) is 5.33. The molecule has 0 aromatic heterocycles. The highest BCUT2D eigenvalue weighted by Crippen LogP contribution is 2.14. The number of ether oxygens (including phenoxy) is 1. The Kier molecular flexibility index (Phi) is 1.71. The number of aliphatic hydroxyl groups excluding tert-OH is 1. The summed E-state index contributed by atoms with van der Waals surface area (Å²) in [6.07, 6.45) is 0.0821. The van der Waals surface area contributed by atoms with Crippen LogP contribution in [0.2, 0.25) is 0 Å². The van der Waals surface area contributed by atoms with Crippen LogP contribution in [0, 0.1) is 5.92 Å². The molecule has 0 aromatic rings. The summed E-state index contributed by atoms with van der Waals surface area (Å²) in [5.74, 6) is -0.618. The van der Waals surface area contributed by atoms with Crippen molar-refractivity contribution < 1.29 is 14.6 Å². The fraction of sp³-hybridized carbons (Fsp3) is 0.833. The van der Waals surface area contributed by atoms with Gasteiger partial charge in [-0.1, -0.05) is 0 Å². The van der Waals surface area contributed by atoms with Crippen molar-refractivity contribution in [1.29, 1.82) is 0 Å². The molecule has 0 radical (unpaired) electrons. The van der Waals surface area contributed by atoms with E-state index >= 15 is 0 Å². The van der Waals surface area contributed by atoms with Gasteiger partial charge in [-0.25, -0.2) is 0 Å². The van der Waals surface area contributed by atoms with Crippen LogP contribution in [0.15, 0.2) is 0 Å². The highest BCUT2D eigenvalue weighted by Gasteiger charge is 2.27. The van der Waals surface area contributed by atoms with Gasteiger partial charge >= 0.3 is 5.97 Å². The minimum atomic E-state index is -0.494. The summed E-state index contributed by atoms with van der Waals surface area (Å²) in [6, 6.07) is 0. The van der Waals surface area contributed by atoms with Gasteiger partial charge in [0.25, 0.3) is 0 Å². The van der Waals surface area contributed by atoms with Crippen LogP contribution in [-0.2, 0) is 9.53 Å². The molecule has 2 atom stereocenters. The van der Waals surface area contributed by atoms with Crippen molar-refractivity contribution in [3.63, 3.8) is 0 Å². The molecule has 1 aliphatic heterocycles. The lowest BCUT2D eigenvalue weighted by atomic mass is 10.0. The molecule has 1 rings (SSSR count). The zero-order chi connectivity index (χ0) is 6.85. The van der Waals surface area contributed by atoms with E-state index in [-0.39, 0.29) is 11.9 Å². The number of esters is 1. The lowest BCUT2D eigenvalue weighted by molar-refractivity contribution is -0.159. The summed E-state index contributed by atoms with van der Waals surface area (Å²) in [5.41, 5.74) is 0. The monoisotopic (exact) mass is 130 g/mol. The van der Waals surface area contributed by atoms with E-state index in [0.717, 1.165) is 0 Å². The number of carbonyl (C=O) groups is 1. The van der Waals surface area contributed by atoms with E-state index in [4.69, 9.17) is 5.11 Å². The molecule has 1 fully saturated rings. The summed E-state index contributed by atoms with van der Waals surface area (Å²) in [4.78, 5) is 10.6. The summed E-state index contributed by atoms with van der Waals surface area (Å²) in [7, 11) is 0. The van der Waals surface area contributed by atoms with Gasteiger partial charge in [0.2, 0.25) is 0 Å². The quantitative estimate of drug-likeness (QED) is 0.467. The molecule has 0 saturated carbocycles. The van der Waals surface area contributed by atoms with Crippen LogP contribution in [0.25, 0.3) is 0 Å². The van der Waals surface area contributed by atoms with E-state index in [1.807, 2.05) is 0 Å². The van der Waals surface area contributed by atoms with Gasteiger partial charge < -0.3 is 9.84 Å². The molecule has 1 heterocycles. The van der Waals surface area contributed by atoms with Gasteiger partial charge in [-0.3, -0.25) is 4.79 Å². The van der Waals surface area contributed by atoms with Crippen LogP contribution in [0.4, 0.5) is 0 Å². The third kappa shape index (κ3) is 1.21. The molecule has 0 aliphatic carbocycles. The average molecular weight is 130 g/mol. The third-order valence-electron chi connectivity index (χ3n) is 1.61. The van der Waals surface area contributed by atoms with Gasteiger partial charge in [-0.15, -0.1) is 0 Å². The van der Waals surface area contributed by atoms with E-state index in [2.05, 4.69) is 4.74 Å². The fourth-order valence-electron chi connectivity index (χ4n) is 0.819. The Morgan fingerprint density at radius 3 is 2.89 bits per heavy atom. The van der Waals surface area contributed by atoms with Crippen molar-refractivity contribution in [2.24, 2.45) is 5.92 Å². The lowest BCUT2D eigenvalue weighted by Gasteiger charge is -2.22. The molecule has 0 aromatic carbocycles. The number of hydrogen-bond acceptors (Lipinski definition) is 3. The van der Waals surface area contributed by atoms with Crippen molar-refractivity contribution in [3.8, 4) is 0 Å². The van der Waals surface area contributed by atoms with Crippen LogP contribution >= 0.6 is 0 Å². The van der Waals surface area contributed by atoms with Crippen molar-refractivity contribution in [2.45, 2.75) is 19.4 Å². The largest absolute Gasteiger partial charge is 0.465 e. The molecule has 1 aliphatic rings. The van der Waals surface area contributed by atoms with Crippen LogP contribution in [0.3, 0.4) is 0 Å². The van der Waals surface area contributed by atoms with Gasteiger partial charge in [0.15, 0.2) is 0 Å². The van der Waals surface area contributed by atoms with Crippen molar-refractivity contribution in [3.05, 3.63) is 0 Å². The maximum atomic E-state index is 10.6.